The van der Waals surface area contributed by atoms with Crippen molar-refractivity contribution in [3.05, 3.63) is 18.5 Å². The van der Waals surface area contributed by atoms with Gasteiger partial charge in [0.1, 0.15) is 0 Å². The maximum absolute atomic E-state index is 4.32. The topological polar surface area (TPSA) is 31.4 Å². The Labute approximate surface area is 109 Å². The molecule has 0 aromatic carbocycles. The van der Waals surface area contributed by atoms with Crippen LogP contribution >= 0.6 is 0 Å². The minimum Gasteiger partial charge on any atom is -0.387 e. The molecular formula is C14H22N4. The maximum atomic E-state index is 4.32. The first-order chi connectivity index (χ1) is 8.78. The molecule has 3 heterocycles. The predicted molar refractivity (Wildman–Crippen MR) is 75.2 cm³/mol. The van der Waals surface area contributed by atoms with Crippen molar-refractivity contribution in [2.75, 3.05) is 37.4 Å². The lowest BCUT2D eigenvalue weighted by atomic mass is 10.1. The van der Waals surface area contributed by atoms with Crippen LogP contribution in [0, 0.1) is 0 Å². The Balaban J connectivity index is 1.80. The summed E-state index contributed by atoms with van der Waals surface area (Å²) in [5.41, 5.74) is 2.35. The molecule has 0 amide bonds. The molecule has 18 heavy (non-hydrogen) atoms. The van der Waals surface area contributed by atoms with E-state index >= 15 is 0 Å². The molecule has 4 nitrogen and oxygen atoms in total. The molecule has 2 bridgehead atoms. The lowest BCUT2D eigenvalue weighted by Gasteiger charge is -2.27. The molecule has 0 saturated carbocycles. The van der Waals surface area contributed by atoms with E-state index in [1.165, 1.54) is 24.9 Å². The third kappa shape index (κ3) is 2.05. The van der Waals surface area contributed by atoms with Gasteiger partial charge in [-0.2, -0.15) is 0 Å². The molecule has 98 valence electrons. The van der Waals surface area contributed by atoms with Crippen molar-refractivity contribution in [1.29, 1.82) is 0 Å². The monoisotopic (exact) mass is 246 g/mol. The lowest BCUT2D eigenvalue weighted by Crippen LogP contribution is -2.36. The average molecular weight is 246 g/mol. The molecule has 1 aromatic heterocycles. The number of hydrogen-bond acceptors (Lipinski definition) is 4. The number of hydrogen-bond donors (Lipinski definition) is 1. The van der Waals surface area contributed by atoms with Crippen LogP contribution in [0.4, 0.5) is 11.4 Å². The van der Waals surface area contributed by atoms with E-state index < -0.39 is 0 Å². The van der Waals surface area contributed by atoms with E-state index in [0.717, 1.165) is 30.9 Å². The Hall–Kier alpha value is -1.29. The molecule has 2 aliphatic rings. The van der Waals surface area contributed by atoms with Crippen LogP contribution in [-0.2, 0) is 0 Å². The molecule has 2 fully saturated rings. The summed E-state index contributed by atoms with van der Waals surface area (Å²) in [6.45, 7) is 2.29. The van der Waals surface area contributed by atoms with Crippen LogP contribution in [0.1, 0.15) is 19.3 Å². The first kappa shape index (κ1) is 11.8. The first-order valence-corrected chi connectivity index (χ1v) is 6.87. The van der Waals surface area contributed by atoms with E-state index in [9.17, 15) is 0 Å². The zero-order chi connectivity index (χ0) is 12.5. The predicted octanol–water partition coefficient (Wildman–Crippen LogP) is 1.80. The van der Waals surface area contributed by atoms with Gasteiger partial charge in [-0.05, 0) is 32.4 Å². The van der Waals surface area contributed by atoms with Crippen LogP contribution in [0.3, 0.4) is 0 Å². The van der Waals surface area contributed by atoms with Gasteiger partial charge >= 0.3 is 0 Å². The SMILES string of the molecule is CNc1cncc(N2CCC3CCC(C2)N3C)c1. The molecule has 2 unspecified atom stereocenters. The van der Waals surface area contributed by atoms with Gasteiger partial charge in [-0.3, -0.25) is 9.88 Å². The second kappa shape index (κ2) is 4.76. The van der Waals surface area contributed by atoms with Crippen LogP contribution in [0.25, 0.3) is 0 Å². The second-order valence-corrected chi connectivity index (χ2v) is 5.47. The van der Waals surface area contributed by atoms with Crippen molar-refractivity contribution < 1.29 is 0 Å². The smallest absolute Gasteiger partial charge is 0.0574 e. The Morgan fingerprint density at radius 1 is 1.22 bits per heavy atom. The molecule has 0 aliphatic carbocycles. The second-order valence-electron chi connectivity index (χ2n) is 5.47. The number of pyridine rings is 1. The summed E-state index contributed by atoms with van der Waals surface area (Å²) >= 11 is 0. The summed E-state index contributed by atoms with van der Waals surface area (Å²) in [4.78, 5) is 9.40. The molecule has 2 atom stereocenters. The van der Waals surface area contributed by atoms with E-state index in [1.54, 1.807) is 0 Å². The van der Waals surface area contributed by atoms with Crippen molar-refractivity contribution in [2.24, 2.45) is 0 Å². The highest BCUT2D eigenvalue weighted by Crippen LogP contribution is 2.30. The van der Waals surface area contributed by atoms with E-state index in [1.807, 2.05) is 19.4 Å². The van der Waals surface area contributed by atoms with Gasteiger partial charge in [0.15, 0.2) is 0 Å². The summed E-state index contributed by atoms with van der Waals surface area (Å²) in [6, 6.07) is 3.71. The van der Waals surface area contributed by atoms with Gasteiger partial charge in [-0.25, -0.2) is 0 Å². The third-order valence-corrected chi connectivity index (χ3v) is 4.53. The van der Waals surface area contributed by atoms with E-state index in [-0.39, 0.29) is 0 Å². The van der Waals surface area contributed by atoms with Gasteiger partial charge in [-0.15, -0.1) is 0 Å². The molecular weight excluding hydrogens is 224 g/mol. The van der Waals surface area contributed by atoms with E-state index in [4.69, 9.17) is 0 Å². The normalized spacial score (nSPS) is 28.2. The average Bonchev–Trinajstić information content (AvgIpc) is 2.63. The van der Waals surface area contributed by atoms with Gasteiger partial charge in [0.2, 0.25) is 0 Å². The van der Waals surface area contributed by atoms with Crippen molar-refractivity contribution in [1.82, 2.24) is 9.88 Å². The van der Waals surface area contributed by atoms with Crippen LogP contribution in [0.5, 0.6) is 0 Å². The largest absolute Gasteiger partial charge is 0.387 e. The summed E-state index contributed by atoms with van der Waals surface area (Å²) in [5.74, 6) is 0. The Kier molecular flexibility index (Phi) is 3.12. The highest BCUT2D eigenvalue weighted by atomic mass is 15.3. The van der Waals surface area contributed by atoms with Crippen molar-refractivity contribution in [2.45, 2.75) is 31.3 Å². The van der Waals surface area contributed by atoms with Gasteiger partial charge in [0.05, 0.1) is 23.8 Å². The number of anilines is 2. The van der Waals surface area contributed by atoms with Crippen molar-refractivity contribution in [3.8, 4) is 0 Å². The molecule has 2 saturated heterocycles. The fourth-order valence-corrected chi connectivity index (χ4v) is 3.28. The minimum absolute atomic E-state index is 0.718. The van der Waals surface area contributed by atoms with Crippen molar-refractivity contribution in [3.63, 3.8) is 0 Å². The summed E-state index contributed by atoms with van der Waals surface area (Å²) in [6.07, 6.45) is 7.86. The number of likely N-dealkylation sites (N-methyl/N-ethyl adjacent to an activating group) is 1. The standard InChI is InChI=1S/C14H22N4/c1-15-11-7-14(9-16-8-11)18-6-5-12-3-4-13(10-18)17(12)2/h7-9,12-13,15H,3-6,10H2,1-2H3. The van der Waals surface area contributed by atoms with Gasteiger partial charge in [0, 0.05) is 32.2 Å². The molecule has 0 spiro atoms. The Morgan fingerprint density at radius 3 is 2.89 bits per heavy atom. The van der Waals surface area contributed by atoms with Crippen molar-refractivity contribution >= 4 is 11.4 Å². The molecule has 1 N–H and O–H groups in total. The number of nitrogens with one attached hydrogen (secondary N) is 1. The zero-order valence-corrected chi connectivity index (χ0v) is 11.3. The van der Waals surface area contributed by atoms with Crippen LogP contribution < -0.4 is 10.2 Å². The quantitative estimate of drug-likeness (QED) is 0.862. The lowest BCUT2D eigenvalue weighted by molar-refractivity contribution is 0.254. The fraction of sp³-hybridized carbons (Fsp3) is 0.643. The fourth-order valence-electron chi connectivity index (χ4n) is 3.28. The molecule has 0 radical (unpaired) electrons. The number of nitrogens with zero attached hydrogens (tertiary/aromatic N) is 3. The van der Waals surface area contributed by atoms with Gasteiger partial charge in [-0.1, -0.05) is 0 Å². The van der Waals surface area contributed by atoms with E-state index in [0.29, 0.717) is 0 Å². The van der Waals surface area contributed by atoms with Crippen LogP contribution in [0.2, 0.25) is 0 Å². The number of fused-ring (bicyclic) bond motifs is 2. The molecule has 3 rings (SSSR count). The molecule has 4 heteroatoms. The van der Waals surface area contributed by atoms with Gasteiger partial charge < -0.3 is 10.2 Å². The minimum atomic E-state index is 0.718. The summed E-state index contributed by atoms with van der Waals surface area (Å²) in [7, 11) is 4.23. The van der Waals surface area contributed by atoms with Crippen LogP contribution in [-0.4, -0.2) is 49.2 Å². The Bertz CT molecular complexity index is 420. The third-order valence-electron chi connectivity index (χ3n) is 4.53. The highest BCUT2D eigenvalue weighted by Gasteiger charge is 2.34. The summed E-state index contributed by atoms with van der Waals surface area (Å²) < 4.78 is 0. The Morgan fingerprint density at radius 2 is 2.06 bits per heavy atom. The maximum Gasteiger partial charge on any atom is 0.0574 e. The number of aromatic nitrogens is 1. The van der Waals surface area contributed by atoms with E-state index in [2.05, 4.69) is 33.2 Å². The van der Waals surface area contributed by atoms with Crippen LogP contribution in [0.15, 0.2) is 18.5 Å². The highest BCUT2D eigenvalue weighted by molar-refractivity contribution is 5.55. The molecule has 2 aliphatic heterocycles. The number of rotatable bonds is 2. The zero-order valence-electron chi connectivity index (χ0n) is 11.3. The first-order valence-electron chi connectivity index (χ1n) is 6.87. The molecule has 1 aromatic rings. The van der Waals surface area contributed by atoms with Gasteiger partial charge in [0.25, 0.3) is 0 Å². The summed E-state index contributed by atoms with van der Waals surface area (Å²) in [5, 5.41) is 3.17.